The number of anilines is 1. The maximum atomic E-state index is 4.79. The van der Waals surface area contributed by atoms with Crippen LogP contribution in [0.2, 0.25) is 0 Å². The fourth-order valence-corrected chi connectivity index (χ4v) is 3.87. The Morgan fingerprint density at radius 1 is 1.33 bits per heavy atom. The monoisotopic (exact) mass is 342 g/mol. The number of hydrogen-bond donors (Lipinski definition) is 1. The molecule has 0 spiro atoms. The SMILES string of the molecule is CCc1nc(NC2CCCn3nc(C(C)C)nc32)c2ccsc2n1. The van der Waals surface area contributed by atoms with Crippen molar-refractivity contribution >= 4 is 27.4 Å². The summed E-state index contributed by atoms with van der Waals surface area (Å²) in [4.78, 5) is 15.2. The molecule has 0 amide bonds. The first kappa shape index (κ1) is 15.5. The van der Waals surface area contributed by atoms with Crippen LogP contribution in [-0.2, 0) is 13.0 Å². The minimum atomic E-state index is 0.154. The summed E-state index contributed by atoms with van der Waals surface area (Å²) in [6.07, 6.45) is 2.98. The molecule has 0 bridgehead atoms. The van der Waals surface area contributed by atoms with Crippen molar-refractivity contribution in [3.05, 3.63) is 28.9 Å². The summed E-state index contributed by atoms with van der Waals surface area (Å²) in [5, 5.41) is 11.5. The maximum absolute atomic E-state index is 4.79. The number of nitrogens with one attached hydrogen (secondary N) is 1. The van der Waals surface area contributed by atoms with Gasteiger partial charge in [0.1, 0.15) is 22.3 Å². The van der Waals surface area contributed by atoms with Crippen LogP contribution in [0.1, 0.15) is 63.0 Å². The average Bonchev–Trinajstić information content (AvgIpc) is 3.21. The van der Waals surface area contributed by atoms with Gasteiger partial charge < -0.3 is 5.32 Å². The molecule has 0 saturated heterocycles. The Bertz CT molecular complexity index is 865. The van der Waals surface area contributed by atoms with Crippen molar-refractivity contribution in [1.82, 2.24) is 24.7 Å². The van der Waals surface area contributed by atoms with E-state index in [1.165, 1.54) is 0 Å². The van der Waals surface area contributed by atoms with E-state index in [2.05, 4.69) is 52.3 Å². The molecule has 0 radical (unpaired) electrons. The molecule has 0 aromatic carbocycles. The normalized spacial score (nSPS) is 17.4. The fraction of sp³-hybridized carbons (Fsp3) is 0.529. The van der Waals surface area contributed by atoms with Gasteiger partial charge in [-0.25, -0.2) is 19.6 Å². The Balaban J connectivity index is 1.71. The van der Waals surface area contributed by atoms with Crippen molar-refractivity contribution in [2.24, 2.45) is 0 Å². The second kappa shape index (κ2) is 6.12. The van der Waals surface area contributed by atoms with Crippen molar-refractivity contribution in [2.75, 3.05) is 5.32 Å². The van der Waals surface area contributed by atoms with Gasteiger partial charge in [-0.3, -0.25) is 0 Å². The molecular formula is C17H22N6S. The van der Waals surface area contributed by atoms with Crippen LogP contribution in [0.4, 0.5) is 5.82 Å². The number of rotatable bonds is 4. The lowest BCUT2D eigenvalue weighted by Gasteiger charge is -2.24. The van der Waals surface area contributed by atoms with E-state index in [1.54, 1.807) is 11.3 Å². The summed E-state index contributed by atoms with van der Waals surface area (Å²) in [7, 11) is 0. The average molecular weight is 342 g/mol. The van der Waals surface area contributed by atoms with Crippen molar-refractivity contribution in [1.29, 1.82) is 0 Å². The molecule has 1 unspecified atom stereocenters. The molecule has 3 aromatic heterocycles. The molecule has 6 nitrogen and oxygen atoms in total. The van der Waals surface area contributed by atoms with Crippen LogP contribution in [-0.4, -0.2) is 24.7 Å². The third-order valence-corrected chi connectivity index (χ3v) is 5.21. The second-order valence-electron chi connectivity index (χ2n) is 6.53. The van der Waals surface area contributed by atoms with Crippen LogP contribution in [0.3, 0.4) is 0 Å². The van der Waals surface area contributed by atoms with E-state index < -0.39 is 0 Å². The van der Waals surface area contributed by atoms with Gasteiger partial charge in [0, 0.05) is 18.9 Å². The minimum absolute atomic E-state index is 0.154. The third kappa shape index (κ3) is 2.66. The number of thiophene rings is 1. The van der Waals surface area contributed by atoms with E-state index in [4.69, 9.17) is 9.97 Å². The molecule has 0 fully saturated rings. The van der Waals surface area contributed by atoms with Crippen molar-refractivity contribution < 1.29 is 0 Å². The second-order valence-corrected chi connectivity index (χ2v) is 7.42. The maximum Gasteiger partial charge on any atom is 0.153 e. The zero-order valence-electron chi connectivity index (χ0n) is 14.3. The van der Waals surface area contributed by atoms with Crippen molar-refractivity contribution in [3.63, 3.8) is 0 Å². The molecule has 1 aliphatic heterocycles. The number of nitrogens with zero attached hydrogens (tertiary/aromatic N) is 5. The molecule has 126 valence electrons. The first-order valence-corrected chi connectivity index (χ1v) is 9.49. The molecule has 24 heavy (non-hydrogen) atoms. The Morgan fingerprint density at radius 3 is 3.00 bits per heavy atom. The summed E-state index contributed by atoms with van der Waals surface area (Å²) < 4.78 is 2.06. The van der Waals surface area contributed by atoms with Gasteiger partial charge in [-0.2, -0.15) is 5.10 Å². The highest BCUT2D eigenvalue weighted by Crippen LogP contribution is 2.32. The van der Waals surface area contributed by atoms with E-state index in [1.807, 2.05) is 0 Å². The van der Waals surface area contributed by atoms with Gasteiger partial charge in [0.25, 0.3) is 0 Å². The molecule has 0 aliphatic carbocycles. The topological polar surface area (TPSA) is 68.5 Å². The van der Waals surface area contributed by atoms with Gasteiger partial charge in [-0.05, 0) is 24.3 Å². The Labute approximate surface area is 145 Å². The highest BCUT2D eigenvalue weighted by molar-refractivity contribution is 7.16. The van der Waals surface area contributed by atoms with Gasteiger partial charge in [0.2, 0.25) is 0 Å². The summed E-state index contributed by atoms with van der Waals surface area (Å²) in [6, 6.07) is 2.25. The minimum Gasteiger partial charge on any atom is -0.359 e. The molecule has 3 aromatic rings. The van der Waals surface area contributed by atoms with E-state index in [-0.39, 0.29) is 6.04 Å². The zero-order chi connectivity index (χ0) is 16.7. The largest absolute Gasteiger partial charge is 0.359 e. The Kier molecular flexibility index (Phi) is 3.96. The van der Waals surface area contributed by atoms with Crippen LogP contribution in [0.25, 0.3) is 10.2 Å². The van der Waals surface area contributed by atoms with E-state index in [0.717, 1.165) is 59.3 Å². The molecule has 0 saturated carbocycles. The van der Waals surface area contributed by atoms with Gasteiger partial charge in [0.05, 0.1) is 11.4 Å². The van der Waals surface area contributed by atoms with Gasteiger partial charge >= 0.3 is 0 Å². The molecule has 4 heterocycles. The first-order valence-electron chi connectivity index (χ1n) is 8.61. The summed E-state index contributed by atoms with van der Waals surface area (Å²) in [5.74, 6) is 4.11. The highest BCUT2D eigenvalue weighted by Gasteiger charge is 2.26. The van der Waals surface area contributed by atoms with Crippen LogP contribution < -0.4 is 5.32 Å². The predicted octanol–water partition coefficient (Wildman–Crippen LogP) is 3.92. The molecule has 7 heteroatoms. The van der Waals surface area contributed by atoms with E-state index in [9.17, 15) is 0 Å². The summed E-state index contributed by atoms with van der Waals surface area (Å²) in [6.45, 7) is 7.31. The quantitative estimate of drug-likeness (QED) is 0.778. The molecule has 1 atom stereocenters. The Hall–Kier alpha value is -2.02. The zero-order valence-corrected chi connectivity index (χ0v) is 15.1. The van der Waals surface area contributed by atoms with E-state index in [0.29, 0.717) is 5.92 Å². The van der Waals surface area contributed by atoms with E-state index >= 15 is 0 Å². The number of hydrogen-bond acceptors (Lipinski definition) is 6. The number of aromatic nitrogens is 5. The van der Waals surface area contributed by atoms with Gasteiger partial charge in [-0.15, -0.1) is 11.3 Å². The van der Waals surface area contributed by atoms with Gasteiger partial charge in [0.15, 0.2) is 5.82 Å². The lowest BCUT2D eigenvalue weighted by Crippen LogP contribution is -2.23. The summed E-state index contributed by atoms with van der Waals surface area (Å²) in [5.41, 5.74) is 0. The number of fused-ring (bicyclic) bond motifs is 2. The lowest BCUT2D eigenvalue weighted by atomic mass is 10.1. The van der Waals surface area contributed by atoms with Crippen LogP contribution in [0, 0.1) is 0 Å². The lowest BCUT2D eigenvalue weighted by molar-refractivity contribution is 0.436. The molecule has 1 aliphatic rings. The first-order chi connectivity index (χ1) is 11.7. The van der Waals surface area contributed by atoms with Crippen LogP contribution in [0.5, 0.6) is 0 Å². The van der Waals surface area contributed by atoms with Gasteiger partial charge in [-0.1, -0.05) is 20.8 Å². The summed E-state index contributed by atoms with van der Waals surface area (Å²) >= 11 is 1.66. The Morgan fingerprint density at radius 2 is 2.21 bits per heavy atom. The number of aryl methyl sites for hydroxylation is 2. The van der Waals surface area contributed by atoms with Crippen molar-refractivity contribution in [3.8, 4) is 0 Å². The molecular weight excluding hydrogens is 320 g/mol. The fourth-order valence-electron chi connectivity index (χ4n) is 3.08. The van der Waals surface area contributed by atoms with Crippen molar-refractivity contribution in [2.45, 2.75) is 58.5 Å². The highest BCUT2D eigenvalue weighted by atomic mass is 32.1. The smallest absolute Gasteiger partial charge is 0.153 e. The van der Waals surface area contributed by atoms with Crippen LogP contribution in [0.15, 0.2) is 11.4 Å². The third-order valence-electron chi connectivity index (χ3n) is 4.41. The molecule has 1 N–H and O–H groups in total. The molecule has 4 rings (SSSR count). The standard InChI is InChI=1S/C17H22N6S/c1-4-13-19-15(11-7-9-24-17(11)20-13)18-12-6-5-8-23-16(12)21-14(22-23)10(2)3/h7,9-10,12H,4-6,8H2,1-3H3,(H,18,19,20). The van der Waals surface area contributed by atoms with Crippen LogP contribution >= 0.6 is 11.3 Å². The predicted molar refractivity (Wildman–Crippen MR) is 96.5 cm³/mol.